The first-order valence-corrected chi connectivity index (χ1v) is 9.04. The van der Waals surface area contributed by atoms with E-state index in [9.17, 15) is 8.42 Å². The molecular formula is C12H21N3O2S2. The normalized spacial score (nSPS) is 16.0. The molecule has 1 aromatic rings. The molecule has 1 aliphatic rings. The first-order valence-electron chi connectivity index (χ1n) is 6.61. The molecule has 2 rings (SSSR count). The smallest absolute Gasteiger partial charge is 0.184 e. The summed E-state index contributed by atoms with van der Waals surface area (Å²) in [6.07, 6.45) is 2.46. The molecule has 0 amide bonds. The Kier molecular flexibility index (Phi) is 4.06. The minimum absolute atomic E-state index is 0.0535. The van der Waals surface area contributed by atoms with Gasteiger partial charge in [0.25, 0.3) is 0 Å². The molecule has 7 heteroatoms. The van der Waals surface area contributed by atoms with Crippen LogP contribution in [-0.2, 0) is 9.84 Å². The van der Waals surface area contributed by atoms with Crippen molar-refractivity contribution >= 4 is 32.2 Å². The molecule has 0 unspecified atom stereocenters. The van der Waals surface area contributed by atoms with Crippen LogP contribution in [0, 0.1) is 5.92 Å². The molecule has 1 aliphatic carbocycles. The number of nitrogens with zero attached hydrogens (tertiary/aromatic N) is 2. The van der Waals surface area contributed by atoms with E-state index in [4.69, 9.17) is 5.73 Å². The second-order valence-electron chi connectivity index (χ2n) is 5.29. The first-order chi connectivity index (χ1) is 8.86. The van der Waals surface area contributed by atoms with E-state index in [0.717, 1.165) is 6.54 Å². The summed E-state index contributed by atoms with van der Waals surface area (Å²) in [4.78, 5) is 2.36. The lowest BCUT2D eigenvalue weighted by Crippen LogP contribution is -2.33. The van der Waals surface area contributed by atoms with Gasteiger partial charge in [-0.25, -0.2) is 8.42 Å². The summed E-state index contributed by atoms with van der Waals surface area (Å²) in [5.74, 6) is 0.879. The molecule has 0 saturated heterocycles. The lowest BCUT2D eigenvalue weighted by Gasteiger charge is -2.28. The van der Waals surface area contributed by atoms with Crippen LogP contribution in [-0.4, -0.2) is 31.1 Å². The maximum Gasteiger partial charge on any atom is 0.184 e. The fourth-order valence-electron chi connectivity index (χ4n) is 2.01. The zero-order chi connectivity index (χ0) is 14.2. The fourth-order valence-corrected chi connectivity index (χ4v) is 4.45. The molecule has 1 fully saturated rings. The predicted molar refractivity (Wildman–Crippen MR) is 79.5 cm³/mol. The van der Waals surface area contributed by atoms with E-state index in [2.05, 4.69) is 23.1 Å². The van der Waals surface area contributed by atoms with Crippen LogP contribution in [0.25, 0.3) is 0 Å². The van der Waals surface area contributed by atoms with Gasteiger partial charge in [0.05, 0.1) is 5.75 Å². The van der Waals surface area contributed by atoms with Gasteiger partial charge in [-0.3, -0.25) is 0 Å². The van der Waals surface area contributed by atoms with E-state index < -0.39 is 9.84 Å². The number of nitrogen functional groups attached to an aromatic ring is 1. The van der Waals surface area contributed by atoms with Crippen molar-refractivity contribution in [1.82, 2.24) is 4.37 Å². The van der Waals surface area contributed by atoms with E-state index in [1.807, 2.05) is 0 Å². The highest BCUT2D eigenvalue weighted by molar-refractivity contribution is 7.91. The van der Waals surface area contributed by atoms with Gasteiger partial charge in [-0.1, -0.05) is 6.92 Å². The summed E-state index contributed by atoms with van der Waals surface area (Å²) in [5, 5.41) is 0.709. The van der Waals surface area contributed by atoms with Crippen LogP contribution in [0.15, 0.2) is 4.90 Å². The van der Waals surface area contributed by atoms with Gasteiger partial charge in [0.1, 0.15) is 9.90 Å². The molecule has 0 spiro atoms. The highest BCUT2D eigenvalue weighted by Crippen LogP contribution is 2.39. The Morgan fingerprint density at radius 2 is 2.11 bits per heavy atom. The van der Waals surface area contributed by atoms with Gasteiger partial charge in [-0.15, -0.1) is 0 Å². The lowest BCUT2D eigenvalue weighted by molar-refractivity contribution is 0.595. The third-order valence-corrected chi connectivity index (χ3v) is 6.20. The van der Waals surface area contributed by atoms with Crippen molar-refractivity contribution in [3.8, 4) is 0 Å². The van der Waals surface area contributed by atoms with Crippen molar-refractivity contribution in [1.29, 1.82) is 0 Å². The van der Waals surface area contributed by atoms with Gasteiger partial charge in [-0.05, 0) is 44.1 Å². The Morgan fingerprint density at radius 3 is 2.58 bits per heavy atom. The van der Waals surface area contributed by atoms with Crippen LogP contribution in [0.4, 0.5) is 10.8 Å². The van der Waals surface area contributed by atoms with Gasteiger partial charge < -0.3 is 10.6 Å². The molecule has 19 heavy (non-hydrogen) atoms. The van der Waals surface area contributed by atoms with Crippen LogP contribution in [0.2, 0.25) is 0 Å². The highest BCUT2D eigenvalue weighted by Gasteiger charge is 2.32. The van der Waals surface area contributed by atoms with E-state index in [1.54, 1.807) is 6.92 Å². The standard InChI is InChI=1S/C12H21N3O2S2/c1-4-19(16,17)10-11(13)14-18-12(10)15(8(2)3)7-9-5-6-9/h8-9H,4-7H2,1-3H3,(H2,13,14). The van der Waals surface area contributed by atoms with Crippen molar-refractivity contribution in [3.63, 3.8) is 0 Å². The Hall–Kier alpha value is -0.820. The maximum absolute atomic E-state index is 12.2. The highest BCUT2D eigenvalue weighted by atomic mass is 32.2. The lowest BCUT2D eigenvalue weighted by atomic mass is 10.3. The van der Waals surface area contributed by atoms with Crippen molar-refractivity contribution in [2.45, 2.75) is 44.6 Å². The molecule has 2 N–H and O–H groups in total. The van der Waals surface area contributed by atoms with Gasteiger partial charge in [0.15, 0.2) is 15.7 Å². The number of rotatable bonds is 6. The van der Waals surface area contributed by atoms with Crippen molar-refractivity contribution < 1.29 is 8.42 Å². The zero-order valence-electron chi connectivity index (χ0n) is 11.6. The van der Waals surface area contributed by atoms with Crippen LogP contribution in [0.5, 0.6) is 0 Å². The summed E-state index contributed by atoms with van der Waals surface area (Å²) in [6, 6.07) is 0.242. The van der Waals surface area contributed by atoms with Crippen LogP contribution in [0.1, 0.15) is 33.6 Å². The van der Waals surface area contributed by atoms with E-state index in [-0.39, 0.29) is 22.5 Å². The molecule has 1 heterocycles. The van der Waals surface area contributed by atoms with E-state index >= 15 is 0 Å². The van der Waals surface area contributed by atoms with Gasteiger partial charge in [0, 0.05) is 12.6 Å². The van der Waals surface area contributed by atoms with E-state index in [1.165, 1.54) is 24.4 Å². The SMILES string of the molecule is CCS(=O)(=O)c1c(N)nsc1N(CC1CC1)C(C)C. The minimum atomic E-state index is -3.33. The minimum Gasteiger partial charge on any atom is -0.382 e. The quantitative estimate of drug-likeness (QED) is 0.871. The number of nitrogens with two attached hydrogens (primary N) is 1. The summed E-state index contributed by atoms with van der Waals surface area (Å²) >= 11 is 1.20. The Morgan fingerprint density at radius 1 is 1.47 bits per heavy atom. The van der Waals surface area contributed by atoms with Gasteiger partial charge in [-0.2, -0.15) is 4.37 Å². The number of anilines is 2. The molecule has 0 aliphatic heterocycles. The second kappa shape index (κ2) is 5.28. The van der Waals surface area contributed by atoms with Crippen LogP contribution in [0.3, 0.4) is 0 Å². The first kappa shape index (κ1) is 14.6. The summed E-state index contributed by atoms with van der Waals surface area (Å²) in [7, 11) is -3.33. The molecule has 0 bridgehead atoms. The van der Waals surface area contributed by atoms with Crippen LogP contribution >= 0.6 is 11.5 Å². The zero-order valence-corrected chi connectivity index (χ0v) is 13.2. The topological polar surface area (TPSA) is 76.3 Å². The summed E-state index contributed by atoms with van der Waals surface area (Å²) in [6.45, 7) is 6.67. The van der Waals surface area contributed by atoms with Gasteiger partial charge >= 0.3 is 0 Å². The second-order valence-corrected chi connectivity index (χ2v) is 8.26. The average Bonchev–Trinajstić information content (AvgIpc) is 3.08. The van der Waals surface area contributed by atoms with E-state index in [0.29, 0.717) is 10.9 Å². The monoisotopic (exact) mass is 303 g/mol. The molecule has 1 saturated carbocycles. The third kappa shape index (κ3) is 3.02. The van der Waals surface area contributed by atoms with Crippen molar-refractivity contribution in [2.75, 3.05) is 22.9 Å². The molecule has 0 radical (unpaired) electrons. The molecular weight excluding hydrogens is 282 g/mol. The third-order valence-electron chi connectivity index (χ3n) is 3.38. The number of hydrogen-bond acceptors (Lipinski definition) is 6. The fraction of sp³-hybridized carbons (Fsp3) is 0.750. The van der Waals surface area contributed by atoms with Gasteiger partial charge in [0.2, 0.25) is 0 Å². The Bertz CT molecular complexity index is 547. The van der Waals surface area contributed by atoms with Crippen LogP contribution < -0.4 is 10.6 Å². The molecule has 0 aromatic carbocycles. The maximum atomic E-state index is 12.2. The average molecular weight is 303 g/mol. The summed E-state index contributed by atoms with van der Waals surface area (Å²) in [5.41, 5.74) is 5.78. The molecule has 108 valence electrons. The Labute approximate surface area is 118 Å². The number of sulfone groups is 1. The van der Waals surface area contributed by atoms with Crippen molar-refractivity contribution in [2.24, 2.45) is 5.92 Å². The molecule has 0 atom stereocenters. The number of aromatic nitrogens is 1. The largest absolute Gasteiger partial charge is 0.382 e. The number of hydrogen-bond donors (Lipinski definition) is 1. The molecule has 1 aromatic heterocycles. The van der Waals surface area contributed by atoms with Crippen molar-refractivity contribution in [3.05, 3.63) is 0 Å². The summed E-state index contributed by atoms with van der Waals surface area (Å²) < 4.78 is 28.4. The predicted octanol–water partition coefficient (Wildman–Crippen LogP) is 2.14. The Balaban J connectivity index is 2.42. The molecule has 5 nitrogen and oxygen atoms in total.